The molecule has 0 heterocycles. The second kappa shape index (κ2) is 4.57. The Labute approximate surface area is 105 Å². The Morgan fingerprint density at radius 1 is 1.61 bits per heavy atom. The zero-order valence-electron chi connectivity index (χ0n) is 10.2. The van der Waals surface area contributed by atoms with Gasteiger partial charge in [0.1, 0.15) is 17.1 Å². The zero-order chi connectivity index (χ0) is 13.3. The number of nitrogens with two attached hydrogens (primary N) is 1. The molecule has 2 rings (SSSR count). The molecule has 1 fully saturated rings. The van der Waals surface area contributed by atoms with Crippen molar-refractivity contribution in [3.63, 3.8) is 0 Å². The van der Waals surface area contributed by atoms with Crippen LogP contribution in [0.5, 0.6) is 5.75 Å². The lowest BCUT2D eigenvalue weighted by Crippen LogP contribution is -2.53. The number of halogens is 1. The first-order valence-corrected chi connectivity index (χ1v) is 5.98. The normalized spacial score (nSPS) is 18.2. The number of carbonyl (C=O) groups excluding carboxylic acids is 1. The second-order valence-electron chi connectivity index (χ2n) is 4.98. The number of benzene rings is 1. The first-order chi connectivity index (χ1) is 8.48. The topological polar surface area (TPSA) is 75.3 Å². The fourth-order valence-corrected chi connectivity index (χ4v) is 2.10. The molecule has 1 saturated carbocycles. The van der Waals surface area contributed by atoms with Crippen LogP contribution in [0, 0.1) is 11.7 Å². The van der Waals surface area contributed by atoms with Crippen molar-refractivity contribution in [1.82, 2.24) is 5.32 Å². The van der Waals surface area contributed by atoms with Crippen LogP contribution in [0.4, 0.5) is 4.39 Å². The summed E-state index contributed by atoms with van der Waals surface area (Å²) in [6, 6.07) is 3.78. The largest absolute Gasteiger partial charge is 0.507 e. The minimum absolute atomic E-state index is 0.290. The van der Waals surface area contributed by atoms with E-state index in [1.807, 2.05) is 6.92 Å². The lowest BCUT2D eigenvalue weighted by Gasteiger charge is -2.29. The van der Waals surface area contributed by atoms with Crippen LogP contribution in [-0.2, 0) is 0 Å². The summed E-state index contributed by atoms with van der Waals surface area (Å²) >= 11 is 0. The molecule has 1 atom stereocenters. The van der Waals surface area contributed by atoms with Gasteiger partial charge in [-0.2, -0.15) is 0 Å². The summed E-state index contributed by atoms with van der Waals surface area (Å²) in [6.45, 7) is 2.14. The lowest BCUT2D eigenvalue weighted by molar-refractivity contribution is 0.0890. The van der Waals surface area contributed by atoms with E-state index in [9.17, 15) is 14.3 Å². The standard InChI is InChI=1S/C13H17FN2O2/c1-13(7-15,8-5-6-8)16-12(18)11-9(14)3-2-4-10(11)17/h2-4,8,17H,5-7,15H2,1H3,(H,16,18). The molecule has 0 spiro atoms. The monoisotopic (exact) mass is 252 g/mol. The van der Waals surface area contributed by atoms with Crippen LogP contribution in [0.2, 0.25) is 0 Å². The molecule has 1 unspecified atom stereocenters. The summed E-state index contributed by atoms with van der Waals surface area (Å²) in [6.07, 6.45) is 2.02. The van der Waals surface area contributed by atoms with Crippen LogP contribution in [0.3, 0.4) is 0 Å². The predicted molar refractivity (Wildman–Crippen MR) is 65.7 cm³/mol. The number of hydrogen-bond acceptors (Lipinski definition) is 3. The summed E-state index contributed by atoms with van der Waals surface area (Å²) in [7, 11) is 0. The molecular weight excluding hydrogens is 235 g/mol. The third-order valence-corrected chi connectivity index (χ3v) is 3.52. The number of rotatable bonds is 4. The highest BCUT2D eigenvalue weighted by Crippen LogP contribution is 2.39. The molecule has 0 bridgehead atoms. The maximum atomic E-state index is 13.5. The van der Waals surface area contributed by atoms with Gasteiger partial charge in [-0.1, -0.05) is 6.07 Å². The summed E-state index contributed by atoms with van der Waals surface area (Å²) in [5.41, 5.74) is 4.82. The Balaban J connectivity index is 2.21. The van der Waals surface area contributed by atoms with Crippen molar-refractivity contribution in [3.05, 3.63) is 29.6 Å². The number of carbonyl (C=O) groups is 1. The van der Waals surface area contributed by atoms with Gasteiger partial charge in [-0.05, 0) is 37.8 Å². The van der Waals surface area contributed by atoms with Gasteiger partial charge in [-0.25, -0.2) is 4.39 Å². The molecule has 1 aliphatic rings. The Morgan fingerprint density at radius 2 is 2.28 bits per heavy atom. The molecule has 1 aromatic rings. The van der Waals surface area contributed by atoms with Crippen molar-refractivity contribution in [2.45, 2.75) is 25.3 Å². The minimum atomic E-state index is -0.734. The molecule has 1 aliphatic carbocycles. The Bertz CT molecular complexity index is 454. The lowest BCUT2D eigenvalue weighted by atomic mass is 9.95. The number of phenolic OH excluding ortho intramolecular Hbond substituents is 1. The highest BCUT2D eigenvalue weighted by Gasteiger charge is 2.42. The van der Waals surface area contributed by atoms with Crippen LogP contribution < -0.4 is 11.1 Å². The van der Waals surface area contributed by atoms with Crippen molar-refractivity contribution >= 4 is 5.91 Å². The molecule has 0 saturated heterocycles. The molecule has 18 heavy (non-hydrogen) atoms. The quantitative estimate of drug-likeness (QED) is 0.758. The number of amides is 1. The van der Waals surface area contributed by atoms with Crippen molar-refractivity contribution in [1.29, 1.82) is 0 Å². The van der Waals surface area contributed by atoms with E-state index >= 15 is 0 Å². The van der Waals surface area contributed by atoms with E-state index in [0.29, 0.717) is 12.5 Å². The molecular formula is C13H17FN2O2. The first-order valence-electron chi connectivity index (χ1n) is 5.98. The summed E-state index contributed by atoms with van der Waals surface area (Å²) in [5, 5.41) is 12.3. The van der Waals surface area contributed by atoms with Crippen molar-refractivity contribution in [2.75, 3.05) is 6.54 Å². The first kappa shape index (κ1) is 12.8. The van der Waals surface area contributed by atoms with E-state index in [4.69, 9.17) is 5.73 Å². The van der Waals surface area contributed by atoms with E-state index in [1.165, 1.54) is 12.1 Å². The molecule has 1 aromatic carbocycles. The van der Waals surface area contributed by atoms with E-state index in [1.54, 1.807) is 0 Å². The van der Waals surface area contributed by atoms with E-state index in [-0.39, 0.29) is 11.3 Å². The highest BCUT2D eigenvalue weighted by molar-refractivity contribution is 5.97. The van der Waals surface area contributed by atoms with E-state index in [0.717, 1.165) is 18.9 Å². The predicted octanol–water partition coefficient (Wildman–Crippen LogP) is 1.39. The van der Waals surface area contributed by atoms with E-state index < -0.39 is 17.3 Å². The van der Waals surface area contributed by atoms with Crippen LogP contribution in [0.25, 0.3) is 0 Å². The summed E-state index contributed by atoms with van der Waals surface area (Å²) in [5.74, 6) is -1.38. The van der Waals surface area contributed by atoms with Crippen LogP contribution in [0.1, 0.15) is 30.1 Å². The fraction of sp³-hybridized carbons (Fsp3) is 0.462. The van der Waals surface area contributed by atoms with Gasteiger partial charge >= 0.3 is 0 Å². The maximum Gasteiger partial charge on any atom is 0.258 e. The van der Waals surface area contributed by atoms with Crippen molar-refractivity contribution in [3.8, 4) is 5.75 Å². The number of phenols is 1. The average molecular weight is 252 g/mol. The zero-order valence-corrected chi connectivity index (χ0v) is 10.2. The fourth-order valence-electron chi connectivity index (χ4n) is 2.10. The van der Waals surface area contributed by atoms with Gasteiger partial charge in [-0.15, -0.1) is 0 Å². The smallest absolute Gasteiger partial charge is 0.258 e. The summed E-state index contributed by atoms with van der Waals surface area (Å²) in [4.78, 5) is 12.0. The van der Waals surface area contributed by atoms with Crippen molar-refractivity contribution in [2.24, 2.45) is 11.7 Å². The number of aromatic hydroxyl groups is 1. The number of hydrogen-bond donors (Lipinski definition) is 3. The average Bonchev–Trinajstić information content (AvgIpc) is 3.12. The second-order valence-corrected chi connectivity index (χ2v) is 4.98. The van der Waals surface area contributed by atoms with Gasteiger partial charge < -0.3 is 16.2 Å². The molecule has 0 radical (unpaired) electrons. The van der Waals surface area contributed by atoms with Gasteiger partial charge in [0.15, 0.2) is 0 Å². The number of nitrogens with one attached hydrogen (secondary N) is 1. The van der Waals surface area contributed by atoms with Crippen LogP contribution in [-0.4, -0.2) is 23.1 Å². The molecule has 4 nitrogen and oxygen atoms in total. The van der Waals surface area contributed by atoms with Gasteiger partial charge in [-0.3, -0.25) is 4.79 Å². The van der Waals surface area contributed by atoms with Gasteiger partial charge in [0.05, 0.1) is 5.54 Å². The van der Waals surface area contributed by atoms with E-state index in [2.05, 4.69) is 5.32 Å². The Morgan fingerprint density at radius 3 is 2.78 bits per heavy atom. The van der Waals surface area contributed by atoms with Crippen LogP contribution in [0.15, 0.2) is 18.2 Å². The maximum absolute atomic E-state index is 13.5. The van der Waals surface area contributed by atoms with Gasteiger partial charge in [0, 0.05) is 6.54 Å². The molecule has 98 valence electrons. The third kappa shape index (κ3) is 2.31. The van der Waals surface area contributed by atoms with Crippen molar-refractivity contribution < 1.29 is 14.3 Å². The van der Waals surface area contributed by atoms with Gasteiger partial charge in [0.2, 0.25) is 0 Å². The highest BCUT2D eigenvalue weighted by atomic mass is 19.1. The Hall–Kier alpha value is -1.62. The molecule has 5 heteroatoms. The summed E-state index contributed by atoms with van der Waals surface area (Å²) < 4.78 is 13.5. The Kier molecular flexibility index (Phi) is 3.26. The molecule has 0 aromatic heterocycles. The third-order valence-electron chi connectivity index (χ3n) is 3.52. The SMILES string of the molecule is CC(CN)(NC(=O)c1c(O)cccc1F)C1CC1. The van der Waals surface area contributed by atoms with Crippen LogP contribution >= 0.6 is 0 Å². The molecule has 0 aliphatic heterocycles. The minimum Gasteiger partial charge on any atom is -0.507 e. The van der Waals surface area contributed by atoms with Gasteiger partial charge in [0.25, 0.3) is 5.91 Å². The molecule has 1 amide bonds. The molecule has 4 N–H and O–H groups in total.